The number of Topliss-reactive ketones (excluding diaryl/α,β-unsaturated/α-hetero) is 2. The number of allylic oxidation sites excluding steroid dienone is 1. The van der Waals surface area contributed by atoms with Crippen molar-refractivity contribution in [2.45, 2.75) is 0 Å². The van der Waals surface area contributed by atoms with Crippen LogP contribution in [-0.4, -0.2) is 26.1 Å². The van der Waals surface area contributed by atoms with Crippen LogP contribution in [0.25, 0.3) is 38.7 Å². The van der Waals surface area contributed by atoms with Crippen molar-refractivity contribution in [3.63, 3.8) is 0 Å². The topological polar surface area (TPSA) is 64.8 Å². The lowest BCUT2D eigenvalue weighted by molar-refractivity contribution is 0.0990. The van der Waals surface area contributed by atoms with Crippen LogP contribution in [0.4, 0.5) is 0 Å². The van der Waals surface area contributed by atoms with E-state index in [0.29, 0.717) is 16.1 Å². The molecule has 0 saturated carbocycles. The van der Waals surface area contributed by atoms with Gasteiger partial charge in [-0.2, -0.15) is 0 Å². The molecule has 5 aromatic rings. The lowest BCUT2D eigenvalue weighted by atomic mass is 10.0. The average Bonchev–Trinajstić information content (AvgIpc) is 3.41. The van der Waals surface area contributed by atoms with Gasteiger partial charge in [-0.05, 0) is 29.0 Å². The van der Waals surface area contributed by atoms with Crippen molar-refractivity contribution in [1.82, 2.24) is 14.5 Å². The minimum atomic E-state index is -0.247. The van der Waals surface area contributed by atoms with Crippen molar-refractivity contribution in [2.75, 3.05) is 0 Å². The molecular formula is C25H15N3O2S. The highest BCUT2D eigenvalue weighted by Crippen LogP contribution is 2.33. The van der Waals surface area contributed by atoms with Crippen LogP contribution in [0.1, 0.15) is 25.7 Å². The summed E-state index contributed by atoms with van der Waals surface area (Å²) >= 11 is 1.38. The number of hydrogen-bond donors (Lipinski definition) is 0. The molecule has 6 heteroatoms. The molecule has 1 aliphatic carbocycles. The van der Waals surface area contributed by atoms with Crippen molar-refractivity contribution in [3.05, 3.63) is 88.4 Å². The first kappa shape index (κ1) is 17.9. The van der Waals surface area contributed by atoms with Crippen LogP contribution in [0.3, 0.4) is 0 Å². The minimum Gasteiger partial charge on any atom is -0.311 e. The number of fused-ring (bicyclic) bond motifs is 3. The number of imidazole rings is 1. The Kier molecular flexibility index (Phi) is 3.79. The average molecular weight is 421 g/mol. The number of nitrogens with zero attached hydrogens (tertiary/aromatic N) is 3. The number of carbonyl (C=O) groups excluding carboxylic acids is 2. The fourth-order valence-electron chi connectivity index (χ4n) is 4.05. The smallest absolute Gasteiger partial charge is 0.197 e. The molecule has 0 atom stereocenters. The maximum absolute atomic E-state index is 13.0. The van der Waals surface area contributed by atoms with Crippen LogP contribution in [0.15, 0.2) is 72.3 Å². The van der Waals surface area contributed by atoms with Gasteiger partial charge in [0, 0.05) is 23.7 Å². The highest BCUT2D eigenvalue weighted by molar-refractivity contribution is 7.19. The van der Waals surface area contributed by atoms with Crippen molar-refractivity contribution in [1.29, 1.82) is 0 Å². The molecule has 0 unspecified atom stereocenters. The SMILES string of the molecule is Cn1c(-c2ccccc2)nc2sc(C=C3C(=O)c4cc5ccccc5cc4C3=O)nc21. The van der Waals surface area contributed by atoms with Crippen LogP contribution in [0, 0.1) is 0 Å². The number of rotatable bonds is 2. The number of aryl methyl sites for hydroxylation is 1. The summed E-state index contributed by atoms with van der Waals surface area (Å²) in [6, 6.07) is 21.3. The second-order valence-electron chi connectivity index (χ2n) is 7.50. The van der Waals surface area contributed by atoms with Crippen molar-refractivity contribution in [2.24, 2.45) is 7.05 Å². The van der Waals surface area contributed by atoms with Crippen molar-refractivity contribution >= 4 is 50.2 Å². The van der Waals surface area contributed by atoms with Crippen LogP contribution in [-0.2, 0) is 7.05 Å². The fraction of sp³-hybridized carbons (Fsp3) is 0.0400. The summed E-state index contributed by atoms with van der Waals surface area (Å²) in [5, 5.41) is 2.49. The Balaban J connectivity index is 1.42. The van der Waals surface area contributed by atoms with E-state index in [-0.39, 0.29) is 17.1 Å². The Bertz CT molecular complexity index is 1520. The lowest BCUT2D eigenvalue weighted by Crippen LogP contribution is -2.00. The zero-order valence-electron chi connectivity index (χ0n) is 16.5. The van der Waals surface area contributed by atoms with Gasteiger partial charge in [0.1, 0.15) is 10.8 Å². The van der Waals surface area contributed by atoms with E-state index in [1.54, 1.807) is 18.2 Å². The zero-order valence-corrected chi connectivity index (χ0v) is 17.3. The Morgan fingerprint density at radius 3 is 2.06 bits per heavy atom. The van der Waals surface area contributed by atoms with Gasteiger partial charge in [-0.15, -0.1) is 0 Å². The van der Waals surface area contributed by atoms with Crippen LogP contribution in [0.2, 0.25) is 0 Å². The van der Waals surface area contributed by atoms with Gasteiger partial charge in [0.2, 0.25) is 0 Å². The summed E-state index contributed by atoms with van der Waals surface area (Å²) in [5.74, 6) is 0.339. The molecule has 0 fully saturated rings. The summed E-state index contributed by atoms with van der Waals surface area (Å²) in [4.78, 5) is 36.1. The van der Waals surface area contributed by atoms with E-state index in [0.717, 1.165) is 32.6 Å². The molecule has 0 N–H and O–H groups in total. The second kappa shape index (κ2) is 6.55. The lowest BCUT2D eigenvalue weighted by Gasteiger charge is -2.00. The maximum Gasteiger partial charge on any atom is 0.197 e. The molecule has 3 aromatic carbocycles. The first-order valence-electron chi connectivity index (χ1n) is 9.83. The fourth-order valence-corrected chi connectivity index (χ4v) is 4.97. The standard InChI is InChI=1S/C25H15N3O2S/c1-28-23(14-7-3-2-4-8-14)27-25-24(28)26-20(31-25)13-19-21(29)17-11-15-9-5-6-10-16(15)12-18(17)22(19)30/h2-13H,1H3. The molecule has 0 spiro atoms. The van der Waals surface area contributed by atoms with E-state index in [2.05, 4.69) is 4.98 Å². The molecule has 0 aliphatic heterocycles. The number of ketones is 2. The van der Waals surface area contributed by atoms with Gasteiger partial charge in [-0.1, -0.05) is 65.9 Å². The van der Waals surface area contributed by atoms with Gasteiger partial charge in [0.15, 0.2) is 22.0 Å². The molecule has 0 radical (unpaired) electrons. The minimum absolute atomic E-state index is 0.160. The van der Waals surface area contributed by atoms with Gasteiger partial charge in [-0.3, -0.25) is 9.59 Å². The highest BCUT2D eigenvalue weighted by Gasteiger charge is 2.33. The molecule has 2 heterocycles. The molecule has 0 amide bonds. The maximum atomic E-state index is 13.0. The molecule has 2 aromatic heterocycles. The predicted molar refractivity (Wildman–Crippen MR) is 122 cm³/mol. The Morgan fingerprint density at radius 1 is 0.839 bits per heavy atom. The van der Waals surface area contributed by atoms with E-state index in [1.807, 2.05) is 66.2 Å². The Labute approximate surface area is 181 Å². The number of benzene rings is 3. The Hall–Kier alpha value is -3.90. The quantitative estimate of drug-likeness (QED) is 0.286. The highest BCUT2D eigenvalue weighted by atomic mass is 32.1. The summed E-state index contributed by atoms with van der Waals surface area (Å²) in [6.45, 7) is 0. The summed E-state index contributed by atoms with van der Waals surface area (Å²) < 4.78 is 1.93. The Morgan fingerprint density at radius 2 is 1.45 bits per heavy atom. The molecule has 1 aliphatic rings. The largest absolute Gasteiger partial charge is 0.311 e. The molecule has 5 nitrogen and oxygen atoms in total. The zero-order chi connectivity index (χ0) is 21.1. The molecule has 148 valence electrons. The molecular weight excluding hydrogens is 406 g/mol. The van der Waals surface area contributed by atoms with E-state index in [4.69, 9.17) is 4.98 Å². The summed E-state index contributed by atoms with van der Waals surface area (Å²) in [5.41, 5.74) is 2.82. The number of carbonyl (C=O) groups is 2. The van der Waals surface area contributed by atoms with E-state index >= 15 is 0 Å². The number of thiazole rings is 1. The van der Waals surface area contributed by atoms with Gasteiger partial charge >= 0.3 is 0 Å². The van der Waals surface area contributed by atoms with Gasteiger partial charge in [0.05, 0.1) is 5.57 Å². The van der Waals surface area contributed by atoms with E-state index in [1.165, 1.54) is 11.3 Å². The normalized spacial score (nSPS) is 13.4. The molecule has 0 saturated heterocycles. The number of aromatic nitrogens is 3. The molecule has 6 rings (SSSR count). The second-order valence-corrected chi connectivity index (χ2v) is 8.51. The van der Waals surface area contributed by atoms with Crippen molar-refractivity contribution in [3.8, 4) is 11.4 Å². The monoisotopic (exact) mass is 421 g/mol. The predicted octanol–water partition coefficient (Wildman–Crippen LogP) is 5.31. The van der Waals surface area contributed by atoms with Crippen molar-refractivity contribution < 1.29 is 9.59 Å². The third kappa shape index (κ3) is 2.69. The first-order chi connectivity index (χ1) is 15.1. The molecule has 0 bridgehead atoms. The van der Waals surface area contributed by atoms with Gasteiger partial charge in [-0.25, -0.2) is 9.97 Å². The van der Waals surface area contributed by atoms with Crippen LogP contribution in [0.5, 0.6) is 0 Å². The first-order valence-corrected chi connectivity index (χ1v) is 10.6. The van der Waals surface area contributed by atoms with Gasteiger partial charge in [0.25, 0.3) is 0 Å². The van der Waals surface area contributed by atoms with E-state index < -0.39 is 0 Å². The van der Waals surface area contributed by atoms with E-state index in [9.17, 15) is 9.59 Å². The third-order valence-electron chi connectivity index (χ3n) is 5.62. The summed E-state index contributed by atoms with van der Waals surface area (Å²) in [7, 11) is 1.92. The van der Waals surface area contributed by atoms with Crippen LogP contribution < -0.4 is 0 Å². The van der Waals surface area contributed by atoms with Gasteiger partial charge < -0.3 is 4.57 Å². The van der Waals surface area contributed by atoms with Crippen LogP contribution >= 0.6 is 11.3 Å². The summed E-state index contributed by atoms with van der Waals surface area (Å²) in [6.07, 6.45) is 1.60. The third-order valence-corrected chi connectivity index (χ3v) is 6.50. The number of hydrogen-bond acceptors (Lipinski definition) is 5. The molecule has 31 heavy (non-hydrogen) atoms.